The van der Waals surface area contributed by atoms with E-state index in [0.717, 1.165) is 34.5 Å². The lowest BCUT2D eigenvalue weighted by Crippen LogP contribution is -2.30. The monoisotopic (exact) mass is 361 g/mol. The molecule has 0 bridgehead atoms. The van der Waals surface area contributed by atoms with Gasteiger partial charge in [0.15, 0.2) is 0 Å². The molecule has 8 heteroatoms. The second-order valence-electron chi connectivity index (χ2n) is 6.44. The van der Waals surface area contributed by atoms with Crippen LogP contribution in [0, 0.1) is 11.8 Å². The minimum Gasteiger partial charge on any atom is -0.365 e. The predicted octanol–water partition coefficient (Wildman–Crippen LogP) is 1.29. The third-order valence-electron chi connectivity index (χ3n) is 4.49. The fraction of sp³-hybridized carbons (Fsp3) is 0.263. The molecule has 0 spiro atoms. The van der Waals surface area contributed by atoms with Crippen molar-refractivity contribution in [1.29, 1.82) is 0 Å². The molecule has 1 saturated heterocycles. The molecule has 1 aliphatic heterocycles. The van der Waals surface area contributed by atoms with Gasteiger partial charge in [-0.2, -0.15) is 5.10 Å². The highest BCUT2D eigenvalue weighted by molar-refractivity contribution is 5.89. The van der Waals surface area contributed by atoms with Crippen molar-refractivity contribution in [3.8, 4) is 11.8 Å². The summed E-state index contributed by atoms with van der Waals surface area (Å²) >= 11 is 0. The van der Waals surface area contributed by atoms with Crippen molar-refractivity contribution >= 4 is 22.8 Å². The number of anilines is 1. The van der Waals surface area contributed by atoms with Gasteiger partial charge < -0.3 is 15.2 Å². The van der Waals surface area contributed by atoms with Crippen molar-refractivity contribution in [2.75, 3.05) is 18.4 Å². The highest BCUT2D eigenvalue weighted by Crippen LogP contribution is 2.23. The Kier molecular flexibility index (Phi) is 4.34. The average molecular weight is 361 g/mol. The number of carbonyl (C=O) groups is 1. The number of likely N-dealkylation sites (tertiary alicyclic amines) is 1. The minimum absolute atomic E-state index is 0.0401. The standard InChI is InChI=1S/C19H19N7O/c1-3-17(27)26-7-6-15(11-26)24-19-16-8-14(23-18(16)20-12-21-19)5-4-13-9-22-25(2)10-13/h3,8-10,12,15H,1,6-7,11H2,2H3,(H2,20,21,23,24)/t15-/m1/s1. The summed E-state index contributed by atoms with van der Waals surface area (Å²) in [6.45, 7) is 4.89. The van der Waals surface area contributed by atoms with Crippen LogP contribution in [-0.4, -0.2) is 54.7 Å². The molecule has 1 atom stereocenters. The van der Waals surface area contributed by atoms with Crippen LogP contribution in [-0.2, 0) is 11.8 Å². The summed E-state index contributed by atoms with van der Waals surface area (Å²) in [6.07, 6.45) is 7.31. The van der Waals surface area contributed by atoms with Gasteiger partial charge in [0.2, 0.25) is 5.91 Å². The molecule has 0 aliphatic carbocycles. The Bertz CT molecular complexity index is 1070. The Balaban J connectivity index is 1.54. The van der Waals surface area contributed by atoms with E-state index in [1.54, 1.807) is 15.8 Å². The van der Waals surface area contributed by atoms with Crippen LogP contribution in [0.25, 0.3) is 11.0 Å². The SMILES string of the molecule is C=CC(=O)N1CC[C@@H](Nc2ncnc3[nH]c(C#Cc4cnn(C)c4)cc23)C1. The van der Waals surface area contributed by atoms with Crippen molar-refractivity contribution in [2.24, 2.45) is 7.05 Å². The van der Waals surface area contributed by atoms with Gasteiger partial charge in [-0.3, -0.25) is 9.48 Å². The zero-order chi connectivity index (χ0) is 18.8. The van der Waals surface area contributed by atoms with E-state index in [9.17, 15) is 4.79 Å². The molecule has 0 saturated carbocycles. The number of fused-ring (bicyclic) bond motifs is 1. The summed E-state index contributed by atoms with van der Waals surface area (Å²) in [7, 11) is 1.86. The number of hydrogen-bond acceptors (Lipinski definition) is 5. The molecule has 1 amide bonds. The maximum Gasteiger partial charge on any atom is 0.246 e. The van der Waals surface area contributed by atoms with E-state index in [1.165, 1.54) is 12.4 Å². The normalized spacial score (nSPS) is 16.2. The van der Waals surface area contributed by atoms with Crippen LogP contribution in [0.1, 0.15) is 17.7 Å². The highest BCUT2D eigenvalue weighted by Gasteiger charge is 2.25. The molecule has 0 aromatic carbocycles. The van der Waals surface area contributed by atoms with Crippen molar-refractivity contribution in [3.63, 3.8) is 0 Å². The van der Waals surface area contributed by atoms with Gasteiger partial charge in [0.05, 0.1) is 22.8 Å². The molecular formula is C19H19N7O. The molecule has 0 radical (unpaired) electrons. The molecule has 8 nitrogen and oxygen atoms in total. The number of aromatic amines is 1. The predicted molar refractivity (Wildman–Crippen MR) is 102 cm³/mol. The van der Waals surface area contributed by atoms with Crippen LogP contribution in [0.4, 0.5) is 5.82 Å². The van der Waals surface area contributed by atoms with Gasteiger partial charge in [-0.15, -0.1) is 0 Å². The smallest absolute Gasteiger partial charge is 0.246 e. The Morgan fingerprint density at radius 3 is 3.11 bits per heavy atom. The van der Waals surface area contributed by atoms with E-state index in [1.807, 2.05) is 19.3 Å². The quantitative estimate of drug-likeness (QED) is 0.542. The van der Waals surface area contributed by atoms with Gasteiger partial charge in [0, 0.05) is 32.4 Å². The van der Waals surface area contributed by atoms with E-state index in [2.05, 4.69) is 43.8 Å². The Hall–Kier alpha value is -3.60. The van der Waals surface area contributed by atoms with Crippen LogP contribution in [0.5, 0.6) is 0 Å². The maximum absolute atomic E-state index is 11.7. The average Bonchev–Trinajstić information content (AvgIpc) is 3.39. The third-order valence-corrected chi connectivity index (χ3v) is 4.49. The van der Waals surface area contributed by atoms with Crippen LogP contribution in [0.3, 0.4) is 0 Å². The number of carbonyl (C=O) groups excluding carboxylic acids is 1. The summed E-state index contributed by atoms with van der Waals surface area (Å²) in [5.41, 5.74) is 2.32. The first-order valence-electron chi connectivity index (χ1n) is 8.64. The Morgan fingerprint density at radius 1 is 1.44 bits per heavy atom. The number of aryl methyl sites for hydroxylation is 1. The molecule has 3 aromatic rings. The number of aromatic nitrogens is 5. The molecule has 3 aromatic heterocycles. The molecular weight excluding hydrogens is 342 g/mol. The topological polar surface area (TPSA) is 91.7 Å². The number of rotatable bonds is 3. The third kappa shape index (κ3) is 3.53. The van der Waals surface area contributed by atoms with Crippen LogP contribution in [0.2, 0.25) is 0 Å². The van der Waals surface area contributed by atoms with E-state index in [0.29, 0.717) is 13.1 Å². The first kappa shape index (κ1) is 16.8. The second kappa shape index (κ2) is 6.96. The highest BCUT2D eigenvalue weighted by atomic mass is 16.2. The summed E-state index contributed by atoms with van der Waals surface area (Å²) in [5, 5.41) is 8.40. The Morgan fingerprint density at radius 2 is 2.33 bits per heavy atom. The van der Waals surface area contributed by atoms with E-state index >= 15 is 0 Å². The van der Waals surface area contributed by atoms with Crippen LogP contribution >= 0.6 is 0 Å². The molecule has 27 heavy (non-hydrogen) atoms. The first-order valence-corrected chi connectivity index (χ1v) is 8.64. The molecule has 136 valence electrons. The van der Waals surface area contributed by atoms with Gasteiger partial charge in [-0.25, -0.2) is 9.97 Å². The van der Waals surface area contributed by atoms with E-state index in [4.69, 9.17) is 0 Å². The molecule has 4 heterocycles. The zero-order valence-electron chi connectivity index (χ0n) is 14.9. The van der Waals surface area contributed by atoms with E-state index < -0.39 is 0 Å². The van der Waals surface area contributed by atoms with Crippen LogP contribution in [0.15, 0.2) is 37.4 Å². The number of H-pyrrole nitrogens is 1. The van der Waals surface area contributed by atoms with Crippen molar-refractivity contribution in [1.82, 2.24) is 29.6 Å². The van der Waals surface area contributed by atoms with Crippen LogP contribution < -0.4 is 5.32 Å². The van der Waals surface area contributed by atoms with Crippen molar-refractivity contribution in [3.05, 3.63) is 48.7 Å². The fourth-order valence-corrected chi connectivity index (χ4v) is 3.15. The number of nitrogens with one attached hydrogen (secondary N) is 2. The number of nitrogens with zero attached hydrogens (tertiary/aromatic N) is 5. The van der Waals surface area contributed by atoms with E-state index in [-0.39, 0.29) is 11.9 Å². The lowest BCUT2D eigenvalue weighted by atomic mass is 10.2. The van der Waals surface area contributed by atoms with Gasteiger partial charge in [-0.1, -0.05) is 12.5 Å². The second-order valence-corrected chi connectivity index (χ2v) is 6.44. The summed E-state index contributed by atoms with van der Waals surface area (Å²) < 4.78 is 1.71. The zero-order valence-corrected chi connectivity index (χ0v) is 14.9. The molecule has 1 fully saturated rings. The summed E-state index contributed by atoms with van der Waals surface area (Å²) in [4.78, 5) is 25.4. The lowest BCUT2D eigenvalue weighted by Gasteiger charge is -2.15. The molecule has 0 unspecified atom stereocenters. The van der Waals surface area contributed by atoms with Gasteiger partial charge in [0.1, 0.15) is 17.8 Å². The molecule has 2 N–H and O–H groups in total. The number of amides is 1. The summed E-state index contributed by atoms with van der Waals surface area (Å²) in [6, 6.07) is 2.08. The van der Waals surface area contributed by atoms with Crippen molar-refractivity contribution in [2.45, 2.75) is 12.5 Å². The van der Waals surface area contributed by atoms with Gasteiger partial charge in [-0.05, 0) is 24.5 Å². The first-order chi connectivity index (χ1) is 13.1. The number of hydrogen-bond donors (Lipinski definition) is 2. The minimum atomic E-state index is -0.0401. The largest absolute Gasteiger partial charge is 0.365 e. The summed E-state index contributed by atoms with van der Waals surface area (Å²) in [5.74, 6) is 6.87. The molecule has 1 aliphatic rings. The lowest BCUT2D eigenvalue weighted by molar-refractivity contribution is -0.125. The van der Waals surface area contributed by atoms with Gasteiger partial charge >= 0.3 is 0 Å². The molecule has 4 rings (SSSR count). The Labute approximate surface area is 156 Å². The maximum atomic E-state index is 11.7. The fourth-order valence-electron chi connectivity index (χ4n) is 3.15. The van der Waals surface area contributed by atoms with Gasteiger partial charge in [0.25, 0.3) is 0 Å². The van der Waals surface area contributed by atoms with Crippen molar-refractivity contribution < 1.29 is 4.79 Å².